The van der Waals surface area contributed by atoms with Crippen LogP contribution in [0.3, 0.4) is 0 Å². The van der Waals surface area contributed by atoms with E-state index in [0.717, 1.165) is 16.3 Å². The summed E-state index contributed by atoms with van der Waals surface area (Å²) in [6.45, 7) is 4.65. The maximum Gasteiger partial charge on any atom is 0.332 e. The van der Waals surface area contributed by atoms with Gasteiger partial charge in [-0.25, -0.2) is 4.79 Å². The molecule has 1 unspecified atom stereocenters. The number of benzene rings is 2. The van der Waals surface area contributed by atoms with Crippen molar-refractivity contribution in [3.8, 4) is 11.8 Å². The summed E-state index contributed by atoms with van der Waals surface area (Å²) in [6, 6.07) is 13.7. The molecule has 0 fully saturated rings. The van der Waals surface area contributed by atoms with E-state index in [1.807, 2.05) is 61.3 Å². The Hall–Kier alpha value is -3.83. The third-order valence-corrected chi connectivity index (χ3v) is 5.74. The number of hydrogen-bond donors (Lipinski definition) is 1. The minimum absolute atomic E-state index is 0.0904. The molecule has 170 valence electrons. The highest BCUT2D eigenvalue weighted by molar-refractivity contribution is 5.85. The molecule has 2 aromatic heterocycles. The van der Waals surface area contributed by atoms with Crippen LogP contribution in [0.4, 0.5) is 5.95 Å². The largest absolute Gasteiger partial charge is 0.344 e. The van der Waals surface area contributed by atoms with Gasteiger partial charge in [0.25, 0.3) is 5.56 Å². The second-order valence-corrected chi connectivity index (χ2v) is 8.33. The summed E-state index contributed by atoms with van der Waals surface area (Å²) < 4.78 is 4.48. The summed E-state index contributed by atoms with van der Waals surface area (Å²) in [6.07, 6.45) is 0. The first kappa shape index (κ1) is 22.4. The Morgan fingerprint density at radius 1 is 1.12 bits per heavy atom. The van der Waals surface area contributed by atoms with Gasteiger partial charge in [-0.1, -0.05) is 48.4 Å². The van der Waals surface area contributed by atoms with Crippen LogP contribution in [0.15, 0.2) is 52.1 Å². The van der Waals surface area contributed by atoms with Crippen LogP contribution in [0.25, 0.3) is 21.9 Å². The monoisotopic (exact) mass is 444 g/mol. The van der Waals surface area contributed by atoms with Crippen molar-refractivity contribution in [2.45, 2.75) is 33.0 Å². The fraction of sp³-hybridized carbons (Fsp3) is 0.320. The molecule has 0 aliphatic heterocycles. The van der Waals surface area contributed by atoms with Gasteiger partial charge in [-0.3, -0.25) is 18.5 Å². The van der Waals surface area contributed by atoms with Crippen LogP contribution in [0.2, 0.25) is 0 Å². The number of anilines is 1. The number of aryl methyl sites for hydroxylation is 1. The first-order valence-corrected chi connectivity index (χ1v) is 10.9. The zero-order valence-corrected chi connectivity index (χ0v) is 19.4. The molecule has 4 aromatic rings. The second kappa shape index (κ2) is 8.96. The molecule has 0 aliphatic rings. The third-order valence-electron chi connectivity index (χ3n) is 5.74. The lowest BCUT2D eigenvalue weighted by Crippen LogP contribution is -2.40. The van der Waals surface area contributed by atoms with Gasteiger partial charge in [0.15, 0.2) is 11.2 Å². The van der Waals surface area contributed by atoms with Crippen molar-refractivity contribution >= 4 is 27.9 Å². The highest BCUT2D eigenvalue weighted by Crippen LogP contribution is 2.21. The van der Waals surface area contributed by atoms with Gasteiger partial charge in [0.05, 0.1) is 13.1 Å². The van der Waals surface area contributed by atoms with Gasteiger partial charge < -0.3 is 10.6 Å². The van der Waals surface area contributed by atoms with Crippen molar-refractivity contribution in [3.63, 3.8) is 0 Å². The number of fused-ring (bicyclic) bond motifs is 2. The summed E-state index contributed by atoms with van der Waals surface area (Å²) in [4.78, 5) is 33.5. The molecule has 0 aliphatic carbocycles. The van der Waals surface area contributed by atoms with E-state index < -0.39 is 5.69 Å². The van der Waals surface area contributed by atoms with Crippen molar-refractivity contribution in [1.82, 2.24) is 18.7 Å². The molecule has 0 bridgehead atoms. The van der Waals surface area contributed by atoms with Gasteiger partial charge in [0, 0.05) is 26.7 Å². The molecule has 0 spiro atoms. The molecule has 0 amide bonds. The number of nitrogens with zero attached hydrogens (tertiary/aromatic N) is 5. The van der Waals surface area contributed by atoms with Crippen LogP contribution >= 0.6 is 0 Å². The highest BCUT2D eigenvalue weighted by atomic mass is 16.2. The van der Waals surface area contributed by atoms with Crippen LogP contribution in [0.5, 0.6) is 0 Å². The van der Waals surface area contributed by atoms with E-state index in [2.05, 4.69) is 16.8 Å². The summed E-state index contributed by atoms with van der Waals surface area (Å²) in [5.74, 6) is 6.46. The fourth-order valence-electron chi connectivity index (χ4n) is 4.21. The minimum Gasteiger partial charge on any atom is -0.344 e. The average molecular weight is 445 g/mol. The Labute approximate surface area is 191 Å². The van der Waals surface area contributed by atoms with E-state index in [0.29, 0.717) is 23.7 Å². The Morgan fingerprint density at radius 3 is 2.58 bits per heavy atom. The first-order valence-electron chi connectivity index (χ1n) is 10.9. The quantitative estimate of drug-likeness (QED) is 0.459. The zero-order chi connectivity index (χ0) is 23.7. The summed E-state index contributed by atoms with van der Waals surface area (Å²) >= 11 is 0. The van der Waals surface area contributed by atoms with E-state index in [1.165, 1.54) is 9.13 Å². The SMILES string of the molecule is CC#CCn1c(N(C)CC(C)N)nc2c1c(=O)n(Cc1cccc3ccccc13)c(=O)n2C. The van der Waals surface area contributed by atoms with Crippen LogP contribution in [0, 0.1) is 11.8 Å². The number of rotatable bonds is 6. The molecule has 33 heavy (non-hydrogen) atoms. The molecule has 1 atom stereocenters. The van der Waals surface area contributed by atoms with Crippen LogP contribution in [0.1, 0.15) is 19.4 Å². The third kappa shape index (κ3) is 4.03. The van der Waals surface area contributed by atoms with Crippen LogP contribution < -0.4 is 21.9 Å². The first-order chi connectivity index (χ1) is 15.8. The molecule has 8 nitrogen and oxygen atoms in total. The van der Waals surface area contributed by atoms with E-state index in [-0.39, 0.29) is 24.7 Å². The Morgan fingerprint density at radius 2 is 1.85 bits per heavy atom. The summed E-state index contributed by atoms with van der Waals surface area (Å²) in [7, 11) is 3.51. The highest BCUT2D eigenvalue weighted by Gasteiger charge is 2.22. The minimum atomic E-state index is -0.409. The molecule has 0 radical (unpaired) electrons. The maximum absolute atomic E-state index is 13.7. The van der Waals surface area contributed by atoms with Crippen molar-refractivity contribution in [2.75, 3.05) is 18.5 Å². The standard InChI is InChI=1S/C25H28N6O2/c1-5-6-14-30-21-22(27-24(30)28(3)15-17(2)26)29(4)25(33)31(23(21)32)16-19-12-9-11-18-10-7-8-13-20(18)19/h7-13,17H,14-16,26H2,1-4H3. The maximum atomic E-state index is 13.7. The molecular weight excluding hydrogens is 416 g/mol. The Kier molecular flexibility index (Phi) is 6.07. The summed E-state index contributed by atoms with van der Waals surface area (Å²) in [5.41, 5.74) is 6.79. The van der Waals surface area contributed by atoms with E-state index in [1.54, 1.807) is 18.5 Å². The van der Waals surface area contributed by atoms with Crippen molar-refractivity contribution in [1.29, 1.82) is 0 Å². The van der Waals surface area contributed by atoms with Crippen LogP contribution in [-0.4, -0.2) is 38.3 Å². The molecule has 8 heteroatoms. The smallest absolute Gasteiger partial charge is 0.332 e. The predicted octanol–water partition coefficient (Wildman–Crippen LogP) is 1.90. The molecule has 2 aromatic carbocycles. The lowest BCUT2D eigenvalue weighted by Gasteiger charge is -2.20. The fourth-order valence-corrected chi connectivity index (χ4v) is 4.21. The number of aromatic nitrogens is 4. The molecule has 0 saturated heterocycles. The molecular formula is C25H28N6O2. The van der Waals surface area contributed by atoms with Gasteiger partial charge in [-0.15, -0.1) is 5.92 Å². The molecule has 4 rings (SSSR count). The van der Waals surface area contributed by atoms with E-state index in [4.69, 9.17) is 5.73 Å². The molecule has 2 N–H and O–H groups in total. The lowest BCUT2D eigenvalue weighted by atomic mass is 10.0. The average Bonchev–Trinajstić information content (AvgIpc) is 3.18. The Balaban J connectivity index is 1.96. The Bertz CT molecular complexity index is 1510. The normalized spacial score (nSPS) is 12.0. The number of imidazole rings is 1. The zero-order valence-electron chi connectivity index (χ0n) is 19.4. The van der Waals surface area contributed by atoms with E-state index >= 15 is 0 Å². The number of hydrogen-bond acceptors (Lipinski definition) is 5. The number of nitrogens with two attached hydrogens (primary N) is 1. The van der Waals surface area contributed by atoms with Gasteiger partial charge in [-0.2, -0.15) is 4.98 Å². The summed E-state index contributed by atoms with van der Waals surface area (Å²) in [5, 5.41) is 2.07. The van der Waals surface area contributed by atoms with Crippen molar-refractivity contribution in [3.05, 3.63) is 68.9 Å². The molecule has 0 saturated carbocycles. The van der Waals surface area contributed by atoms with Gasteiger partial charge >= 0.3 is 5.69 Å². The predicted molar refractivity (Wildman–Crippen MR) is 133 cm³/mol. The van der Waals surface area contributed by atoms with E-state index in [9.17, 15) is 9.59 Å². The van der Waals surface area contributed by atoms with Gasteiger partial charge in [0.1, 0.15) is 0 Å². The van der Waals surface area contributed by atoms with Gasteiger partial charge in [-0.05, 0) is 30.2 Å². The number of likely N-dealkylation sites (N-methyl/N-ethyl adjacent to an activating group) is 1. The lowest BCUT2D eigenvalue weighted by molar-refractivity contribution is 0.655. The molecule has 2 heterocycles. The van der Waals surface area contributed by atoms with Crippen LogP contribution in [-0.2, 0) is 20.1 Å². The second-order valence-electron chi connectivity index (χ2n) is 8.33. The topological polar surface area (TPSA) is 91.1 Å². The van der Waals surface area contributed by atoms with Gasteiger partial charge in [0.2, 0.25) is 5.95 Å². The van der Waals surface area contributed by atoms with Crippen molar-refractivity contribution in [2.24, 2.45) is 12.8 Å². The van der Waals surface area contributed by atoms with Crippen molar-refractivity contribution < 1.29 is 0 Å².